The Morgan fingerprint density at radius 2 is 2.06 bits per heavy atom. The monoisotopic (exact) mass is 448 g/mol. The Hall–Kier alpha value is -3.56. The lowest BCUT2D eigenvalue weighted by molar-refractivity contribution is 0.170. The molecule has 0 spiro atoms. The summed E-state index contributed by atoms with van der Waals surface area (Å²) in [6, 6.07) is 2.41. The average Bonchev–Trinajstić information content (AvgIpc) is 3.51. The number of carbonyl (C=O) groups is 1. The predicted molar refractivity (Wildman–Crippen MR) is 122 cm³/mol. The summed E-state index contributed by atoms with van der Waals surface area (Å²) in [5, 5.41) is 11.6. The molecule has 10 heteroatoms. The van der Waals surface area contributed by atoms with E-state index in [-0.39, 0.29) is 12.6 Å². The van der Waals surface area contributed by atoms with Crippen LogP contribution in [0.2, 0.25) is 0 Å². The van der Waals surface area contributed by atoms with Crippen molar-refractivity contribution in [3.05, 3.63) is 41.9 Å². The smallest absolute Gasteiger partial charge is 0.407 e. The number of pyridine rings is 1. The van der Waals surface area contributed by atoms with Crippen molar-refractivity contribution in [2.24, 2.45) is 0 Å². The van der Waals surface area contributed by atoms with Crippen LogP contribution in [0.5, 0.6) is 0 Å². The van der Waals surface area contributed by atoms with Gasteiger partial charge < -0.3 is 15.0 Å². The molecule has 1 aliphatic carbocycles. The number of aromatic nitrogens is 6. The molecule has 2 aliphatic rings. The Kier molecular flexibility index (Phi) is 5.65. The zero-order valence-corrected chi connectivity index (χ0v) is 19.2. The number of alkyl carbamates (subject to hydrolysis) is 1. The van der Waals surface area contributed by atoms with Crippen LogP contribution in [-0.4, -0.2) is 49.0 Å². The Morgan fingerprint density at radius 3 is 2.82 bits per heavy atom. The quantitative estimate of drug-likeness (QED) is 0.631. The molecule has 10 nitrogen and oxygen atoms in total. The van der Waals surface area contributed by atoms with Crippen LogP contribution in [0, 0.1) is 6.92 Å². The van der Waals surface area contributed by atoms with Crippen molar-refractivity contribution >= 4 is 11.9 Å². The van der Waals surface area contributed by atoms with E-state index in [0.29, 0.717) is 11.9 Å². The van der Waals surface area contributed by atoms with Gasteiger partial charge in [-0.2, -0.15) is 0 Å². The summed E-state index contributed by atoms with van der Waals surface area (Å²) in [6.45, 7) is 4.42. The third-order valence-electron chi connectivity index (χ3n) is 6.58. The van der Waals surface area contributed by atoms with Crippen LogP contribution < -0.4 is 10.2 Å². The fraction of sp³-hybridized carbons (Fsp3) is 0.478. The van der Waals surface area contributed by atoms with Crippen molar-refractivity contribution < 1.29 is 9.53 Å². The summed E-state index contributed by atoms with van der Waals surface area (Å²) in [6.07, 6.45) is 10.5. The molecule has 1 amide bonds. The number of methoxy groups -OCH3 is 1. The van der Waals surface area contributed by atoms with Crippen molar-refractivity contribution in [2.45, 2.75) is 64.6 Å². The number of anilines is 1. The summed E-state index contributed by atoms with van der Waals surface area (Å²) in [5.41, 5.74) is 2.56. The normalized spacial score (nSPS) is 17.5. The van der Waals surface area contributed by atoms with Gasteiger partial charge in [-0.3, -0.25) is 9.55 Å². The van der Waals surface area contributed by atoms with Crippen LogP contribution in [0.15, 0.2) is 24.7 Å². The third kappa shape index (κ3) is 3.69. The van der Waals surface area contributed by atoms with Gasteiger partial charge in [-0.05, 0) is 32.3 Å². The van der Waals surface area contributed by atoms with E-state index in [0.717, 1.165) is 53.5 Å². The number of nitrogens with one attached hydrogen (secondary N) is 1. The average molecular weight is 449 g/mol. The van der Waals surface area contributed by atoms with Crippen LogP contribution in [0.25, 0.3) is 17.1 Å². The van der Waals surface area contributed by atoms with Gasteiger partial charge >= 0.3 is 6.09 Å². The molecule has 0 aromatic carbocycles. The first-order chi connectivity index (χ1) is 16.1. The van der Waals surface area contributed by atoms with Crippen LogP contribution in [0.1, 0.15) is 62.3 Å². The second-order valence-electron chi connectivity index (χ2n) is 8.49. The zero-order chi connectivity index (χ0) is 22.9. The van der Waals surface area contributed by atoms with E-state index in [1.807, 2.05) is 19.2 Å². The van der Waals surface area contributed by atoms with Crippen LogP contribution >= 0.6 is 0 Å². The third-order valence-corrected chi connectivity index (χ3v) is 6.58. The van der Waals surface area contributed by atoms with Crippen molar-refractivity contribution in [3.63, 3.8) is 0 Å². The molecule has 33 heavy (non-hydrogen) atoms. The largest absolute Gasteiger partial charge is 0.453 e. The lowest BCUT2D eigenvalue weighted by Crippen LogP contribution is -2.42. The van der Waals surface area contributed by atoms with Crippen molar-refractivity contribution in [3.8, 4) is 17.1 Å². The van der Waals surface area contributed by atoms with Gasteiger partial charge in [-0.1, -0.05) is 19.8 Å². The highest BCUT2D eigenvalue weighted by molar-refractivity contribution is 5.70. The highest BCUT2D eigenvalue weighted by atomic mass is 16.5. The fourth-order valence-electron chi connectivity index (χ4n) is 5.02. The van der Waals surface area contributed by atoms with Gasteiger partial charge in [-0.25, -0.2) is 14.8 Å². The first-order valence-corrected chi connectivity index (χ1v) is 11.4. The number of aryl methyl sites for hydroxylation is 1. The minimum absolute atomic E-state index is 0.113. The summed E-state index contributed by atoms with van der Waals surface area (Å²) in [7, 11) is 1.34. The summed E-state index contributed by atoms with van der Waals surface area (Å²) in [4.78, 5) is 28.1. The molecule has 1 atom stereocenters. The molecule has 1 saturated carbocycles. The van der Waals surface area contributed by atoms with Crippen LogP contribution in [0.4, 0.5) is 10.6 Å². The highest BCUT2D eigenvalue weighted by Crippen LogP contribution is 2.43. The molecule has 4 heterocycles. The molecule has 5 rings (SSSR count). The number of hydrogen-bond acceptors (Lipinski definition) is 8. The second kappa shape index (κ2) is 8.76. The van der Waals surface area contributed by atoms with E-state index in [1.54, 1.807) is 12.4 Å². The number of fused-ring (bicyclic) bond motifs is 3. The van der Waals surface area contributed by atoms with Gasteiger partial charge in [0.1, 0.15) is 11.5 Å². The summed E-state index contributed by atoms with van der Waals surface area (Å²) >= 11 is 0. The molecule has 3 aromatic rings. The van der Waals surface area contributed by atoms with Gasteiger partial charge in [0.2, 0.25) is 0 Å². The Morgan fingerprint density at radius 1 is 1.24 bits per heavy atom. The lowest BCUT2D eigenvalue weighted by atomic mass is 10.0. The number of rotatable bonds is 5. The first kappa shape index (κ1) is 21.3. The topological polar surface area (TPSA) is 111 Å². The van der Waals surface area contributed by atoms with Crippen molar-refractivity contribution in [2.75, 3.05) is 12.0 Å². The molecular formula is C23H28N8O2. The molecule has 1 aliphatic heterocycles. The molecule has 0 unspecified atom stereocenters. The minimum Gasteiger partial charge on any atom is -0.453 e. The van der Waals surface area contributed by atoms with E-state index < -0.39 is 6.09 Å². The minimum atomic E-state index is -0.495. The Labute approximate surface area is 192 Å². The van der Waals surface area contributed by atoms with E-state index in [4.69, 9.17) is 14.7 Å². The number of amides is 1. The summed E-state index contributed by atoms with van der Waals surface area (Å²) < 4.78 is 6.79. The predicted octanol–water partition coefficient (Wildman–Crippen LogP) is 3.50. The van der Waals surface area contributed by atoms with Gasteiger partial charge in [-0.15, -0.1) is 10.2 Å². The zero-order valence-electron chi connectivity index (χ0n) is 19.2. The van der Waals surface area contributed by atoms with Gasteiger partial charge in [0, 0.05) is 36.1 Å². The fourth-order valence-corrected chi connectivity index (χ4v) is 5.02. The number of carbonyl (C=O) groups excluding carboxylic acids is 1. The molecular weight excluding hydrogens is 420 g/mol. The standard InChI is InChI=1S/C23H28N8O2/c1-4-18-22-29-28-14(2)30(22)19-13-25-20(27-21(19)31(18)16-7-5-6-8-16)17-9-10-24-11-15(17)12-26-23(32)33-3/h9-11,13,16,18H,4-8,12H2,1-3H3,(H,26,32)/t18-/m1/s1. The summed E-state index contributed by atoms with van der Waals surface area (Å²) in [5.74, 6) is 3.30. The highest BCUT2D eigenvalue weighted by Gasteiger charge is 2.39. The lowest BCUT2D eigenvalue weighted by Gasteiger charge is -2.41. The number of hydrogen-bond donors (Lipinski definition) is 1. The number of ether oxygens (including phenoxy) is 1. The Bertz CT molecular complexity index is 1170. The van der Waals surface area contributed by atoms with Crippen LogP contribution in [0.3, 0.4) is 0 Å². The second-order valence-corrected chi connectivity index (χ2v) is 8.49. The van der Waals surface area contributed by atoms with E-state index in [1.165, 1.54) is 20.0 Å². The molecule has 1 N–H and O–H groups in total. The Balaban J connectivity index is 1.62. The van der Waals surface area contributed by atoms with Gasteiger partial charge in [0.05, 0.1) is 19.3 Å². The van der Waals surface area contributed by atoms with Crippen molar-refractivity contribution in [1.29, 1.82) is 0 Å². The number of nitrogens with zero attached hydrogens (tertiary/aromatic N) is 7. The SMILES string of the molecule is CC[C@@H]1c2nnc(C)n2-c2cnc(-c3ccncc3CNC(=O)OC)nc2N1C1CCCC1. The molecule has 172 valence electrons. The van der Waals surface area contributed by atoms with E-state index >= 15 is 0 Å². The maximum atomic E-state index is 11.6. The molecule has 0 saturated heterocycles. The molecule has 3 aromatic heterocycles. The van der Waals surface area contributed by atoms with Gasteiger partial charge in [0.25, 0.3) is 0 Å². The molecule has 0 radical (unpaired) electrons. The van der Waals surface area contributed by atoms with Crippen molar-refractivity contribution in [1.82, 2.24) is 35.0 Å². The van der Waals surface area contributed by atoms with Gasteiger partial charge in [0.15, 0.2) is 17.5 Å². The maximum Gasteiger partial charge on any atom is 0.407 e. The van der Waals surface area contributed by atoms with E-state index in [2.05, 4.69) is 36.9 Å². The van der Waals surface area contributed by atoms with E-state index in [9.17, 15) is 4.79 Å². The van der Waals surface area contributed by atoms with Crippen LogP contribution in [-0.2, 0) is 11.3 Å². The first-order valence-electron chi connectivity index (χ1n) is 11.4. The molecule has 1 fully saturated rings. The molecule has 0 bridgehead atoms. The maximum absolute atomic E-state index is 11.6.